The van der Waals surface area contributed by atoms with E-state index < -0.39 is 0 Å². The molecular weight excluding hydrogens is 276 g/mol. The number of nitrogens with zero attached hydrogens (tertiary/aromatic N) is 3. The Morgan fingerprint density at radius 2 is 2.40 bits per heavy atom. The van der Waals surface area contributed by atoms with Crippen molar-refractivity contribution in [1.29, 1.82) is 0 Å². The Labute approximate surface area is 100 Å². The van der Waals surface area contributed by atoms with Crippen LogP contribution in [0.2, 0.25) is 0 Å². The van der Waals surface area contributed by atoms with Crippen molar-refractivity contribution in [2.75, 3.05) is 0 Å². The summed E-state index contributed by atoms with van der Waals surface area (Å²) in [6.45, 7) is 1.88. The van der Waals surface area contributed by atoms with E-state index in [0.29, 0.717) is 0 Å². The smallest absolute Gasteiger partial charge is 0.208 e. The van der Waals surface area contributed by atoms with E-state index in [1.165, 1.54) is 0 Å². The number of nitrogens with one attached hydrogen (secondary N) is 1. The van der Waals surface area contributed by atoms with Crippen LogP contribution in [-0.4, -0.2) is 20.2 Å². The number of aromatic nitrogens is 4. The second kappa shape index (κ2) is 4.76. The highest BCUT2D eigenvalue weighted by molar-refractivity contribution is 9.10. The number of hydrogen-bond donors (Lipinski definition) is 1. The molecule has 0 spiro atoms. The molecule has 0 fully saturated rings. The summed E-state index contributed by atoms with van der Waals surface area (Å²) >= 11 is 5.01. The minimum atomic E-state index is 0.755. The first-order valence-electron chi connectivity index (χ1n) is 4.37. The van der Waals surface area contributed by atoms with Crippen molar-refractivity contribution >= 4 is 27.7 Å². The molecule has 0 radical (unpaired) electrons. The SMILES string of the molecule is Cc1nc(SCc2ncccc2Br)n[nH]1. The predicted octanol–water partition coefficient (Wildman–Crippen LogP) is 2.56. The van der Waals surface area contributed by atoms with Crippen molar-refractivity contribution < 1.29 is 0 Å². The summed E-state index contributed by atoms with van der Waals surface area (Å²) in [5.41, 5.74) is 1.00. The number of pyridine rings is 1. The van der Waals surface area contributed by atoms with Crippen LogP contribution in [0.25, 0.3) is 0 Å². The number of aromatic amines is 1. The topological polar surface area (TPSA) is 54.5 Å². The summed E-state index contributed by atoms with van der Waals surface area (Å²) in [5.74, 6) is 1.59. The van der Waals surface area contributed by atoms with Crippen molar-refractivity contribution in [2.45, 2.75) is 17.8 Å². The van der Waals surface area contributed by atoms with Crippen LogP contribution in [0.15, 0.2) is 28.0 Å². The molecule has 1 N–H and O–H groups in total. The number of rotatable bonds is 3. The number of H-pyrrole nitrogens is 1. The first-order valence-corrected chi connectivity index (χ1v) is 6.15. The van der Waals surface area contributed by atoms with E-state index in [0.717, 1.165) is 26.9 Å². The quantitative estimate of drug-likeness (QED) is 0.881. The van der Waals surface area contributed by atoms with Gasteiger partial charge in [-0.05, 0) is 35.0 Å². The van der Waals surface area contributed by atoms with Gasteiger partial charge in [0.2, 0.25) is 5.16 Å². The Balaban J connectivity index is 2.02. The Morgan fingerprint density at radius 3 is 3.07 bits per heavy atom. The third kappa shape index (κ3) is 2.79. The zero-order valence-electron chi connectivity index (χ0n) is 8.07. The van der Waals surface area contributed by atoms with Crippen molar-refractivity contribution in [3.63, 3.8) is 0 Å². The van der Waals surface area contributed by atoms with Gasteiger partial charge in [-0.3, -0.25) is 10.1 Å². The fraction of sp³-hybridized carbons (Fsp3) is 0.222. The molecule has 15 heavy (non-hydrogen) atoms. The van der Waals surface area contributed by atoms with Crippen molar-refractivity contribution in [3.8, 4) is 0 Å². The first kappa shape index (κ1) is 10.6. The van der Waals surface area contributed by atoms with Gasteiger partial charge in [0.05, 0.1) is 5.69 Å². The molecule has 0 saturated carbocycles. The Hall–Kier alpha value is -0.880. The Kier molecular flexibility index (Phi) is 3.37. The monoisotopic (exact) mass is 284 g/mol. The van der Waals surface area contributed by atoms with E-state index in [-0.39, 0.29) is 0 Å². The van der Waals surface area contributed by atoms with E-state index in [2.05, 4.69) is 36.1 Å². The van der Waals surface area contributed by atoms with Gasteiger partial charge in [0.1, 0.15) is 5.82 Å². The molecule has 0 aliphatic heterocycles. The molecule has 0 atom stereocenters. The molecule has 0 bridgehead atoms. The van der Waals surface area contributed by atoms with Crippen LogP contribution in [0.3, 0.4) is 0 Å². The summed E-state index contributed by atoms with van der Waals surface area (Å²) in [6, 6.07) is 3.88. The Morgan fingerprint density at radius 1 is 1.53 bits per heavy atom. The molecule has 78 valence electrons. The molecule has 0 amide bonds. The minimum Gasteiger partial charge on any atom is -0.262 e. The number of hydrogen-bond acceptors (Lipinski definition) is 4. The van der Waals surface area contributed by atoms with Gasteiger partial charge in [0.15, 0.2) is 0 Å². The lowest BCUT2D eigenvalue weighted by molar-refractivity contribution is 0.967. The molecule has 2 rings (SSSR count). The summed E-state index contributed by atoms with van der Waals surface area (Å²) < 4.78 is 1.02. The molecule has 4 nitrogen and oxygen atoms in total. The molecule has 0 aromatic carbocycles. The van der Waals surface area contributed by atoms with Gasteiger partial charge in [-0.15, -0.1) is 5.10 Å². The molecular formula is C9H9BrN4S. The third-order valence-electron chi connectivity index (χ3n) is 1.75. The second-order valence-electron chi connectivity index (χ2n) is 2.92. The molecule has 0 unspecified atom stereocenters. The number of aryl methyl sites for hydroxylation is 1. The van der Waals surface area contributed by atoms with E-state index in [1.54, 1.807) is 18.0 Å². The van der Waals surface area contributed by atoms with Crippen molar-refractivity contribution in [3.05, 3.63) is 34.3 Å². The van der Waals surface area contributed by atoms with Gasteiger partial charge in [-0.25, -0.2) is 4.98 Å². The molecule has 0 aliphatic carbocycles. The van der Waals surface area contributed by atoms with Gasteiger partial charge in [-0.2, -0.15) is 0 Å². The largest absolute Gasteiger partial charge is 0.262 e. The molecule has 2 aromatic rings. The second-order valence-corrected chi connectivity index (χ2v) is 4.72. The number of thioether (sulfide) groups is 1. The predicted molar refractivity (Wildman–Crippen MR) is 62.6 cm³/mol. The highest BCUT2D eigenvalue weighted by Crippen LogP contribution is 2.22. The minimum absolute atomic E-state index is 0.755. The van der Waals surface area contributed by atoms with Gasteiger partial charge in [0, 0.05) is 16.4 Å². The first-order chi connectivity index (χ1) is 7.25. The summed E-state index contributed by atoms with van der Waals surface area (Å²) in [4.78, 5) is 8.48. The third-order valence-corrected chi connectivity index (χ3v) is 3.33. The molecule has 6 heteroatoms. The van der Waals surface area contributed by atoms with E-state index in [1.807, 2.05) is 19.1 Å². The lowest BCUT2D eigenvalue weighted by Crippen LogP contribution is -1.88. The highest BCUT2D eigenvalue weighted by atomic mass is 79.9. The number of halogens is 1. The van der Waals surface area contributed by atoms with Crippen LogP contribution < -0.4 is 0 Å². The maximum absolute atomic E-state index is 4.27. The van der Waals surface area contributed by atoms with Gasteiger partial charge in [0.25, 0.3) is 0 Å². The van der Waals surface area contributed by atoms with Crippen molar-refractivity contribution in [1.82, 2.24) is 20.2 Å². The summed E-state index contributed by atoms with van der Waals surface area (Å²) in [5, 5.41) is 7.60. The van der Waals surface area contributed by atoms with Crippen LogP contribution >= 0.6 is 27.7 Å². The Bertz CT molecular complexity index is 457. The normalized spacial score (nSPS) is 10.5. The van der Waals surface area contributed by atoms with Crippen LogP contribution in [0.4, 0.5) is 0 Å². The van der Waals surface area contributed by atoms with E-state index in [9.17, 15) is 0 Å². The van der Waals surface area contributed by atoms with Gasteiger partial charge >= 0.3 is 0 Å². The zero-order chi connectivity index (χ0) is 10.7. The fourth-order valence-electron chi connectivity index (χ4n) is 1.04. The van der Waals surface area contributed by atoms with Crippen LogP contribution in [0, 0.1) is 6.92 Å². The van der Waals surface area contributed by atoms with E-state index in [4.69, 9.17) is 0 Å². The van der Waals surface area contributed by atoms with Crippen molar-refractivity contribution in [2.24, 2.45) is 0 Å². The molecule has 2 heterocycles. The lowest BCUT2D eigenvalue weighted by Gasteiger charge is -1.99. The van der Waals surface area contributed by atoms with E-state index >= 15 is 0 Å². The lowest BCUT2D eigenvalue weighted by atomic mass is 10.4. The molecule has 0 saturated heterocycles. The average molecular weight is 285 g/mol. The fourth-order valence-corrected chi connectivity index (χ4v) is 2.43. The summed E-state index contributed by atoms with van der Waals surface area (Å²) in [6.07, 6.45) is 1.78. The average Bonchev–Trinajstić information content (AvgIpc) is 2.63. The zero-order valence-corrected chi connectivity index (χ0v) is 10.5. The van der Waals surface area contributed by atoms with Gasteiger partial charge < -0.3 is 0 Å². The maximum atomic E-state index is 4.27. The molecule has 2 aromatic heterocycles. The van der Waals surface area contributed by atoms with Gasteiger partial charge in [-0.1, -0.05) is 11.8 Å². The maximum Gasteiger partial charge on any atom is 0.208 e. The summed E-state index contributed by atoms with van der Waals surface area (Å²) in [7, 11) is 0. The highest BCUT2D eigenvalue weighted by Gasteiger charge is 2.04. The van der Waals surface area contributed by atoms with Crippen LogP contribution in [0.1, 0.15) is 11.5 Å². The van der Waals surface area contributed by atoms with Crippen LogP contribution in [0.5, 0.6) is 0 Å². The van der Waals surface area contributed by atoms with Crippen LogP contribution in [-0.2, 0) is 5.75 Å². The molecule has 0 aliphatic rings. The standard InChI is InChI=1S/C9H9BrN4S/c1-6-12-9(14-13-6)15-5-8-7(10)3-2-4-11-8/h2-4H,5H2,1H3,(H,12,13,14).